The lowest BCUT2D eigenvalue weighted by atomic mass is 9.97. The first kappa shape index (κ1) is 12.9. The van der Waals surface area contributed by atoms with Gasteiger partial charge in [0.15, 0.2) is 0 Å². The largest absolute Gasteiger partial charge is 0.308 e. The van der Waals surface area contributed by atoms with Crippen molar-refractivity contribution < 1.29 is 0 Å². The molecule has 1 rings (SSSR count). The second-order valence-corrected chi connectivity index (χ2v) is 5.61. The second-order valence-electron chi connectivity index (χ2n) is 5.61. The molecule has 1 aliphatic heterocycles. The average Bonchev–Trinajstić information content (AvgIpc) is 2.09. The van der Waals surface area contributed by atoms with E-state index in [4.69, 9.17) is 0 Å². The minimum absolute atomic E-state index is 0.672. The Kier molecular flexibility index (Phi) is 4.56. The molecular weight excluding hydrogens is 186 g/mol. The van der Waals surface area contributed by atoms with E-state index < -0.39 is 0 Å². The van der Waals surface area contributed by atoms with Crippen molar-refractivity contribution in [1.82, 2.24) is 14.7 Å². The smallest absolute Gasteiger partial charge is 0.0350 e. The molecule has 0 radical (unpaired) electrons. The van der Waals surface area contributed by atoms with Crippen LogP contribution in [0.4, 0.5) is 0 Å². The summed E-state index contributed by atoms with van der Waals surface area (Å²) in [5.74, 6) is 0.738. The highest BCUT2D eigenvalue weighted by Gasteiger charge is 2.31. The molecule has 2 atom stereocenters. The molecule has 0 N–H and O–H groups in total. The molecule has 0 aliphatic carbocycles. The summed E-state index contributed by atoms with van der Waals surface area (Å²) in [6.07, 6.45) is 0. The Morgan fingerprint density at radius 3 is 2.27 bits per heavy atom. The molecule has 0 amide bonds. The number of nitrogens with zero attached hydrogens (tertiary/aromatic N) is 3. The lowest BCUT2D eigenvalue weighted by Crippen LogP contribution is -2.60. The molecule has 3 nitrogen and oxygen atoms in total. The topological polar surface area (TPSA) is 9.72 Å². The van der Waals surface area contributed by atoms with Gasteiger partial charge in [0.2, 0.25) is 0 Å². The van der Waals surface area contributed by atoms with Gasteiger partial charge in [0, 0.05) is 31.7 Å². The molecular formula is C12H27N3. The van der Waals surface area contributed by atoms with Crippen molar-refractivity contribution >= 4 is 0 Å². The Hall–Kier alpha value is -0.120. The van der Waals surface area contributed by atoms with Crippen LogP contribution in [0.15, 0.2) is 0 Å². The van der Waals surface area contributed by atoms with E-state index in [0.717, 1.165) is 12.5 Å². The fraction of sp³-hybridized carbons (Fsp3) is 1.00. The monoisotopic (exact) mass is 213 g/mol. The third-order valence-electron chi connectivity index (χ3n) is 3.47. The SMILES string of the molecule is CC(C)C1CN(C)CC(CN(C)C)N1C. The first-order chi connectivity index (χ1) is 6.91. The molecule has 1 heterocycles. The van der Waals surface area contributed by atoms with Crippen LogP contribution in [0.25, 0.3) is 0 Å². The van der Waals surface area contributed by atoms with Gasteiger partial charge in [-0.2, -0.15) is 0 Å². The summed E-state index contributed by atoms with van der Waals surface area (Å²) in [6.45, 7) is 8.21. The Balaban J connectivity index is 2.63. The lowest BCUT2D eigenvalue weighted by Gasteiger charge is -2.46. The molecule has 1 saturated heterocycles. The van der Waals surface area contributed by atoms with Crippen LogP contribution in [0.1, 0.15) is 13.8 Å². The summed E-state index contributed by atoms with van der Waals surface area (Å²) in [5.41, 5.74) is 0. The number of hydrogen-bond donors (Lipinski definition) is 0. The first-order valence-corrected chi connectivity index (χ1v) is 5.97. The summed E-state index contributed by atoms with van der Waals surface area (Å²) < 4.78 is 0. The molecule has 0 bridgehead atoms. The summed E-state index contributed by atoms with van der Waals surface area (Å²) >= 11 is 0. The van der Waals surface area contributed by atoms with E-state index in [9.17, 15) is 0 Å². The van der Waals surface area contributed by atoms with Crippen molar-refractivity contribution in [2.45, 2.75) is 25.9 Å². The third kappa shape index (κ3) is 3.44. The van der Waals surface area contributed by atoms with Gasteiger partial charge in [-0.05, 0) is 34.1 Å². The van der Waals surface area contributed by atoms with Crippen molar-refractivity contribution in [2.75, 3.05) is 47.8 Å². The van der Waals surface area contributed by atoms with E-state index in [0.29, 0.717) is 12.1 Å². The molecule has 0 aromatic heterocycles. The highest BCUT2D eigenvalue weighted by Crippen LogP contribution is 2.19. The van der Waals surface area contributed by atoms with Crippen LogP contribution in [0.2, 0.25) is 0 Å². The summed E-state index contributed by atoms with van der Waals surface area (Å²) in [7, 11) is 8.84. The number of hydrogen-bond acceptors (Lipinski definition) is 3. The van der Waals surface area contributed by atoms with Crippen LogP contribution in [0.3, 0.4) is 0 Å². The van der Waals surface area contributed by atoms with Gasteiger partial charge in [-0.25, -0.2) is 0 Å². The maximum absolute atomic E-state index is 2.57. The minimum Gasteiger partial charge on any atom is -0.308 e. The molecule has 90 valence electrons. The van der Waals surface area contributed by atoms with Gasteiger partial charge in [-0.3, -0.25) is 4.90 Å². The van der Waals surface area contributed by atoms with E-state index in [1.165, 1.54) is 13.1 Å². The van der Waals surface area contributed by atoms with Crippen LogP contribution >= 0.6 is 0 Å². The van der Waals surface area contributed by atoms with Gasteiger partial charge in [-0.1, -0.05) is 13.8 Å². The molecule has 3 heteroatoms. The average molecular weight is 213 g/mol. The van der Waals surface area contributed by atoms with E-state index in [1.807, 2.05) is 0 Å². The Morgan fingerprint density at radius 1 is 1.20 bits per heavy atom. The fourth-order valence-corrected chi connectivity index (χ4v) is 2.57. The van der Waals surface area contributed by atoms with E-state index in [2.05, 4.69) is 56.7 Å². The highest BCUT2D eigenvalue weighted by atomic mass is 15.3. The quantitative estimate of drug-likeness (QED) is 0.687. The number of rotatable bonds is 3. The predicted molar refractivity (Wildman–Crippen MR) is 66.2 cm³/mol. The Morgan fingerprint density at radius 2 is 1.80 bits per heavy atom. The van der Waals surface area contributed by atoms with Crippen molar-refractivity contribution in [3.8, 4) is 0 Å². The van der Waals surface area contributed by atoms with Crippen molar-refractivity contribution in [3.63, 3.8) is 0 Å². The molecule has 2 unspecified atom stereocenters. The molecule has 0 spiro atoms. The lowest BCUT2D eigenvalue weighted by molar-refractivity contribution is 0.0240. The van der Waals surface area contributed by atoms with Crippen LogP contribution in [-0.2, 0) is 0 Å². The zero-order valence-electron chi connectivity index (χ0n) is 11.2. The molecule has 1 fully saturated rings. The Bertz CT molecular complexity index is 189. The first-order valence-electron chi connectivity index (χ1n) is 5.97. The minimum atomic E-state index is 0.672. The fourth-order valence-electron chi connectivity index (χ4n) is 2.57. The predicted octanol–water partition coefficient (Wildman–Crippen LogP) is 0.818. The van der Waals surface area contributed by atoms with E-state index in [1.54, 1.807) is 0 Å². The number of likely N-dealkylation sites (N-methyl/N-ethyl adjacent to an activating group) is 3. The molecule has 0 saturated carbocycles. The standard InChI is InChI=1S/C12H27N3/c1-10(2)12-9-14(5)8-11(15(12)6)7-13(3)4/h10-12H,7-9H2,1-6H3. The molecule has 15 heavy (non-hydrogen) atoms. The maximum atomic E-state index is 2.57. The van der Waals surface area contributed by atoms with Crippen molar-refractivity contribution in [1.29, 1.82) is 0 Å². The van der Waals surface area contributed by atoms with E-state index >= 15 is 0 Å². The normalized spacial score (nSPS) is 30.4. The Labute approximate surface area is 95.0 Å². The molecule has 1 aliphatic rings. The van der Waals surface area contributed by atoms with Crippen LogP contribution in [0, 0.1) is 5.92 Å². The molecule has 0 aromatic rings. The summed E-state index contributed by atoms with van der Waals surface area (Å²) in [5, 5.41) is 0. The zero-order chi connectivity index (χ0) is 11.6. The second kappa shape index (κ2) is 5.28. The maximum Gasteiger partial charge on any atom is 0.0350 e. The molecule has 0 aromatic carbocycles. The van der Waals surface area contributed by atoms with Crippen molar-refractivity contribution in [3.05, 3.63) is 0 Å². The van der Waals surface area contributed by atoms with E-state index in [-0.39, 0.29) is 0 Å². The van der Waals surface area contributed by atoms with Gasteiger partial charge < -0.3 is 9.80 Å². The van der Waals surface area contributed by atoms with Gasteiger partial charge >= 0.3 is 0 Å². The van der Waals surface area contributed by atoms with Gasteiger partial charge in [0.25, 0.3) is 0 Å². The van der Waals surface area contributed by atoms with Crippen molar-refractivity contribution in [2.24, 2.45) is 5.92 Å². The third-order valence-corrected chi connectivity index (χ3v) is 3.47. The summed E-state index contributed by atoms with van der Waals surface area (Å²) in [4.78, 5) is 7.33. The highest BCUT2D eigenvalue weighted by molar-refractivity contribution is 4.88. The van der Waals surface area contributed by atoms with Gasteiger partial charge in [-0.15, -0.1) is 0 Å². The number of piperazine rings is 1. The van der Waals surface area contributed by atoms with Crippen LogP contribution < -0.4 is 0 Å². The van der Waals surface area contributed by atoms with Crippen LogP contribution in [-0.4, -0.2) is 74.6 Å². The zero-order valence-corrected chi connectivity index (χ0v) is 11.2. The summed E-state index contributed by atoms with van der Waals surface area (Å²) in [6, 6.07) is 1.37. The van der Waals surface area contributed by atoms with Gasteiger partial charge in [0.05, 0.1) is 0 Å². The van der Waals surface area contributed by atoms with Crippen LogP contribution in [0.5, 0.6) is 0 Å². The van der Waals surface area contributed by atoms with Gasteiger partial charge in [0.1, 0.15) is 0 Å².